The Bertz CT molecular complexity index is 1290. The van der Waals surface area contributed by atoms with Crippen LogP contribution in [0, 0.1) is 5.92 Å². The normalized spacial score (nSPS) is 20.4. The molecular formula is C30H34N6O2. The molecule has 1 saturated heterocycles. The molecule has 1 amide bonds. The summed E-state index contributed by atoms with van der Waals surface area (Å²) in [6.45, 7) is 1.67. The van der Waals surface area contributed by atoms with Crippen molar-refractivity contribution in [2.45, 2.75) is 31.3 Å². The van der Waals surface area contributed by atoms with Gasteiger partial charge in [0.2, 0.25) is 11.9 Å². The summed E-state index contributed by atoms with van der Waals surface area (Å²) < 4.78 is 0. The van der Waals surface area contributed by atoms with Gasteiger partial charge in [-0.05, 0) is 67.6 Å². The third-order valence-corrected chi connectivity index (χ3v) is 7.05. The fourth-order valence-electron chi connectivity index (χ4n) is 5.14. The number of carbonyl (C=O) groups is 1. The van der Waals surface area contributed by atoms with E-state index in [0.29, 0.717) is 12.5 Å². The van der Waals surface area contributed by atoms with Crippen LogP contribution in [0.15, 0.2) is 90.8 Å². The molecule has 0 saturated carbocycles. The van der Waals surface area contributed by atoms with Gasteiger partial charge in [-0.25, -0.2) is 9.97 Å². The summed E-state index contributed by atoms with van der Waals surface area (Å²) in [6.07, 6.45) is 10.4. The number of nitrogens with two attached hydrogens (primary N) is 1. The zero-order valence-corrected chi connectivity index (χ0v) is 21.3. The number of hydrogen-bond donors (Lipinski definition) is 4. The summed E-state index contributed by atoms with van der Waals surface area (Å²) in [5.74, 6) is 0.653. The lowest BCUT2D eigenvalue weighted by Crippen LogP contribution is -2.44. The molecule has 3 aromatic rings. The van der Waals surface area contributed by atoms with Crippen molar-refractivity contribution in [3.63, 3.8) is 0 Å². The lowest BCUT2D eigenvalue weighted by molar-refractivity contribution is -0.122. The van der Waals surface area contributed by atoms with Gasteiger partial charge in [0.1, 0.15) is 6.04 Å². The highest BCUT2D eigenvalue weighted by molar-refractivity contribution is 5.95. The van der Waals surface area contributed by atoms with Crippen LogP contribution in [0.1, 0.15) is 30.9 Å². The number of likely N-dealkylation sites (tertiary alicyclic amines) is 1. The summed E-state index contributed by atoms with van der Waals surface area (Å²) in [5, 5.41) is 16.1. The van der Waals surface area contributed by atoms with Crippen LogP contribution in [-0.4, -0.2) is 51.6 Å². The molecule has 5 N–H and O–H groups in total. The molecule has 2 heterocycles. The van der Waals surface area contributed by atoms with Crippen LogP contribution >= 0.6 is 0 Å². The molecule has 0 radical (unpaired) electrons. The molecule has 1 fully saturated rings. The first-order chi connectivity index (χ1) is 18.6. The Kier molecular flexibility index (Phi) is 8.11. The van der Waals surface area contributed by atoms with Gasteiger partial charge in [-0.3, -0.25) is 9.69 Å². The number of aliphatic hydroxyl groups excluding tert-OH is 1. The fourth-order valence-corrected chi connectivity index (χ4v) is 5.14. The minimum Gasteiger partial charge on any atom is -0.399 e. The van der Waals surface area contributed by atoms with Gasteiger partial charge in [0.25, 0.3) is 0 Å². The molecule has 2 aliphatic rings. The zero-order valence-electron chi connectivity index (χ0n) is 21.3. The van der Waals surface area contributed by atoms with Gasteiger partial charge >= 0.3 is 0 Å². The van der Waals surface area contributed by atoms with E-state index in [-0.39, 0.29) is 24.5 Å². The molecule has 8 heteroatoms. The Morgan fingerprint density at radius 2 is 1.95 bits per heavy atom. The third-order valence-electron chi connectivity index (χ3n) is 7.05. The predicted molar refractivity (Wildman–Crippen MR) is 150 cm³/mol. The molecule has 1 aliphatic carbocycles. The molecule has 0 spiro atoms. The van der Waals surface area contributed by atoms with Crippen LogP contribution in [0.4, 0.5) is 11.6 Å². The molecule has 1 aliphatic heterocycles. The van der Waals surface area contributed by atoms with Crippen molar-refractivity contribution < 1.29 is 9.90 Å². The maximum Gasteiger partial charge on any atom is 0.246 e. The molecule has 1 aromatic heterocycles. The SMILES string of the molecule is NC1=CC(Nc2nccc(-c3ccc(NC(=O)C(c4ccccc4)N4CCCC(CO)C4)cc3)n2)CC=C1. The average Bonchev–Trinajstić information content (AvgIpc) is 2.94. The Hall–Kier alpha value is -4.01. The molecule has 2 aromatic carbocycles. The number of aliphatic hydroxyl groups is 1. The van der Waals surface area contributed by atoms with Crippen molar-refractivity contribution in [3.8, 4) is 11.3 Å². The minimum absolute atomic E-state index is 0.0537. The lowest BCUT2D eigenvalue weighted by Gasteiger charge is -2.37. The second-order valence-corrected chi connectivity index (χ2v) is 9.89. The summed E-state index contributed by atoms with van der Waals surface area (Å²) in [7, 11) is 0. The third kappa shape index (κ3) is 6.27. The second kappa shape index (κ2) is 12.0. The molecular weight excluding hydrogens is 476 g/mol. The van der Waals surface area contributed by atoms with Crippen LogP contribution in [0.3, 0.4) is 0 Å². The molecule has 0 bridgehead atoms. The van der Waals surface area contributed by atoms with Crippen molar-refractivity contribution >= 4 is 17.5 Å². The molecule has 38 heavy (non-hydrogen) atoms. The van der Waals surface area contributed by atoms with Gasteiger partial charge in [-0.2, -0.15) is 0 Å². The van der Waals surface area contributed by atoms with Crippen molar-refractivity contribution in [1.82, 2.24) is 14.9 Å². The van der Waals surface area contributed by atoms with Gasteiger partial charge in [0, 0.05) is 36.3 Å². The smallest absolute Gasteiger partial charge is 0.246 e. The number of rotatable bonds is 8. The monoisotopic (exact) mass is 510 g/mol. The first-order valence-electron chi connectivity index (χ1n) is 13.1. The summed E-state index contributed by atoms with van der Waals surface area (Å²) in [6, 6.07) is 19.0. The van der Waals surface area contributed by atoms with E-state index in [9.17, 15) is 9.90 Å². The maximum absolute atomic E-state index is 13.6. The van der Waals surface area contributed by atoms with Crippen LogP contribution in [0.5, 0.6) is 0 Å². The molecule has 5 rings (SSSR count). The molecule has 196 valence electrons. The summed E-state index contributed by atoms with van der Waals surface area (Å²) in [5.41, 5.74) is 10.0. The summed E-state index contributed by atoms with van der Waals surface area (Å²) >= 11 is 0. The van der Waals surface area contributed by atoms with Crippen molar-refractivity contribution in [1.29, 1.82) is 0 Å². The first kappa shape index (κ1) is 25.6. The van der Waals surface area contributed by atoms with E-state index in [1.807, 2.05) is 78.9 Å². The number of piperidine rings is 1. The van der Waals surface area contributed by atoms with E-state index in [1.54, 1.807) is 6.20 Å². The maximum atomic E-state index is 13.6. The molecule has 3 atom stereocenters. The Labute approximate surface area is 223 Å². The van der Waals surface area contributed by atoms with Gasteiger partial charge in [-0.15, -0.1) is 0 Å². The van der Waals surface area contributed by atoms with Crippen molar-refractivity contribution in [3.05, 3.63) is 96.3 Å². The number of anilines is 2. The first-order valence-corrected chi connectivity index (χ1v) is 13.1. The van der Waals surface area contributed by atoms with Crippen LogP contribution < -0.4 is 16.4 Å². The van der Waals surface area contributed by atoms with E-state index in [2.05, 4.69) is 25.5 Å². The number of nitrogens with zero attached hydrogens (tertiary/aromatic N) is 3. The number of amides is 1. The largest absolute Gasteiger partial charge is 0.399 e. The van der Waals surface area contributed by atoms with Crippen LogP contribution in [0.2, 0.25) is 0 Å². The van der Waals surface area contributed by atoms with Gasteiger partial charge in [0.15, 0.2) is 0 Å². The minimum atomic E-state index is -0.418. The Morgan fingerprint density at radius 3 is 2.71 bits per heavy atom. The number of carbonyl (C=O) groups excluding carboxylic acids is 1. The molecule has 3 unspecified atom stereocenters. The van der Waals surface area contributed by atoms with Gasteiger partial charge < -0.3 is 21.5 Å². The number of benzene rings is 2. The zero-order chi connectivity index (χ0) is 26.3. The van der Waals surface area contributed by atoms with E-state index in [0.717, 1.165) is 54.0 Å². The highest BCUT2D eigenvalue weighted by atomic mass is 16.3. The van der Waals surface area contributed by atoms with E-state index in [4.69, 9.17) is 5.73 Å². The number of nitrogens with one attached hydrogen (secondary N) is 2. The molecule has 8 nitrogen and oxygen atoms in total. The number of hydrogen-bond acceptors (Lipinski definition) is 7. The van der Waals surface area contributed by atoms with Crippen molar-refractivity contribution in [2.75, 3.05) is 30.3 Å². The van der Waals surface area contributed by atoms with Gasteiger partial charge in [0.05, 0.1) is 11.7 Å². The van der Waals surface area contributed by atoms with E-state index < -0.39 is 6.04 Å². The fraction of sp³-hybridized carbons (Fsp3) is 0.300. The highest BCUT2D eigenvalue weighted by Crippen LogP contribution is 2.29. The number of aromatic nitrogens is 2. The second-order valence-electron chi connectivity index (χ2n) is 9.89. The van der Waals surface area contributed by atoms with E-state index in [1.165, 1.54) is 0 Å². The highest BCUT2D eigenvalue weighted by Gasteiger charge is 2.31. The Morgan fingerprint density at radius 1 is 1.13 bits per heavy atom. The topological polar surface area (TPSA) is 116 Å². The standard InChI is InChI=1S/C30H34N6O2/c31-24-9-4-10-26(18-24)34-30-32-16-15-27(35-30)22-11-13-25(14-12-22)33-29(38)28(23-7-2-1-3-8-23)36-17-5-6-21(19-36)20-37/h1-4,7-9,11-16,18,21,26,28,37H,5-6,10,17,19-20,31H2,(H,33,38)(H,32,34,35). The number of allylic oxidation sites excluding steroid dienone is 1. The Balaban J connectivity index is 1.29. The quantitative estimate of drug-likeness (QED) is 0.360. The summed E-state index contributed by atoms with van der Waals surface area (Å²) in [4.78, 5) is 24.8. The van der Waals surface area contributed by atoms with Gasteiger partial charge in [-0.1, -0.05) is 48.5 Å². The van der Waals surface area contributed by atoms with Crippen LogP contribution in [0.25, 0.3) is 11.3 Å². The van der Waals surface area contributed by atoms with Crippen LogP contribution in [-0.2, 0) is 4.79 Å². The average molecular weight is 511 g/mol. The van der Waals surface area contributed by atoms with E-state index >= 15 is 0 Å². The predicted octanol–water partition coefficient (Wildman–Crippen LogP) is 4.11. The van der Waals surface area contributed by atoms with Crippen molar-refractivity contribution in [2.24, 2.45) is 11.7 Å². The lowest BCUT2D eigenvalue weighted by atomic mass is 9.95.